The average molecular weight is 392 g/mol. The average Bonchev–Trinajstić information content (AvgIpc) is 2.80. The highest BCUT2D eigenvalue weighted by Gasteiger charge is 2.52. The fraction of sp³-hybridized carbons (Fsp3) is 0.684. The minimum Gasteiger partial charge on any atom is -0.491 e. The van der Waals surface area contributed by atoms with Crippen molar-refractivity contribution in [3.05, 3.63) is 22.6 Å². The summed E-state index contributed by atoms with van der Waals surface area (Å²) in [6.07, 6.45) is 3.45. The predicted molar refractivity (Wildman–Crippen MR) is 105 cm³/mol. The fourth-order valence-corrected chi connectivity index (χ4v) is 3.56. The molecule has 1 saturated carbocycles. The monoisotopic (exact) mass is 392 g/mol. The van der Waals surface area contributed by atoms with Crippen molar-refractivity contribution in [1.29, 1.82) is 0 Å². The van der Waals surface area contributed by atoms with Crippen molar-refractivity contribution >= 4 is 18.7 Å². The summed E-state index contributed by atoms with van der Waals surface area (Å²) in [5.41, 5.74) is -0.475. The van der Waals surface area contributed by atoms with Crippen LogP contribution in [0.5, 0.6) is 5.75 Å². The van der Waals surface area contributed by atoms with Crippen LogP contribution in [0.4, 0.5) is 4.79 Å². The minimum atomic E-state index is -1.00. The second-order valence-electron chi connectivity index (χ2n) is 8.67. The van der Waals surface area contributed by atoms with Crippen LogP contribution in [-0.4, -0.2) is 46.2 Å². The highest BCUT2D eigenvalue weighted by Crippen LogP contribution is 2.37. The van der Waals surface area contributed by atoms with Crippen molar-refractivity contribution in [3.63, 3.8) is 0 Å². The lowest BCUT2D eigenvalue weighted by Gasteiger charge is -2.32. The van der Waals surface area contributed by atoms with Crippen LogP contribution in [0, 0.1) is 0 Å². The van der Waals surface area contributed by atoms with Crippen LogP contribution in [0.25, 0.3) is 0 Å². The number of pyridine rings is 1. The Hall–Kier alpha value is -2.00. The molecular weight excluding hydrogens is 363 g/mol. The maximum Gasteiger partial charge on any atom is 0.500 e. The Labute approximate surface area is 165 Å². The van der Waals surface area contributed by atoms with Gasteiger partial charge in [0.2, 0.25) is 0 Å². The van der Waals surface area contributed by atoms with Crippen molar-refractivity contribution in [2.24, 2.45) is 7.05 Å². The van der Waals surface area contributed by atoms with E-state index in [4.69, 9.17) is 19.2 Å². The Balaban J connectivity index is 1.78. The number of hydrogen-bond acceptors (Lipinski definition) is 5. The molecule has 9 heteroatoms. The summed E-state index contributed by atoms with van der Waals surface area (Å²) in [7, 11) is 1.06. The van der Waals surface area contributed by atoms with E-state index in [1.165, 1.54) is 10.6 Å². The van der Waals surface area contributed by atoms with Crippen molar-refractivity contribution < 1.29 is 23.9 Å². The molecular formula is C19H29BN2O6. The van der Waals surface area contributed by atoms with Gasteiger partial charge in [-0.3, -0.25) is 4.79 Å². The van der Waals surface area contributed by atoms with E-state index in [1.807, 2.05) is 27.7 Å². The van der Waals surface area contributed by atoms with Crippen LogP contribution in [0.2, 0.25) is 0 Å². The van der Waals surface area contributed by atoms with E-state index in [2.05, 4.69) is 5.32 Å². The minimum absolute atomic E-state index is 0.0523. The van der Waals surface area contributed by atoms with E-state index in [9.17, 15) is 9.59 Å². The zero-order valence-electron chi connectivity index (χ0n) is 17.2. The number of carboxylic acid groups (broad SMARTS) is 1. The van der Waals surface area contributed by atoms with Crippen molar-refractivity contribution in [1.82, 2.24) is 9.88 Å². The van der Waals surface area contributed by atoms with Crippen molar-refractivity contribution in [3.8, 4) is 5.75 Å². The Morgan fingerprint density at radius 2 is 1.79 bits per heavy atom. The van der Waals surface area contributed by atoms with E-state index >= 15 is 0 Å². The number of ether oxygens (including phenoxy) is 1. The largest absolute Gasteiger partial charge is 0.500 e. The molecule has 3 rings (SSSR count). The van der Waals surface area contributed by atoms with Gasteiger partial charge >= 0.3 is 13.2 Å². The predicted octanol–water partition coefficient (Wildman–Crippen LogP) is 1.64. The Morgan fingerprint density at radius 3 is 2.32 bits per heavy atom. The van der Waals surface area contributed by atoms with Gasteiger partial charge in [-0.1, -0.05) is 0 Å². The fourth-order valence-electron chi connectivity index (χ4n) is 3.56. The molecule has 8 nitrogen and oxygen atoms in total. The lowest BCUT2D eigenvalue weighted by molar-refractivity contribution is 0.00578. The molecule has 0 atom stereocenters. The maximum atomic E-state index is 12.2. The van der Waals surface area contributed by atoms with Gasteiger partial charge in [-0.15, -0.1) is 0 Å². The van der Waals surface area contributed by atoms with Crippen molar-refractivity contribution in [2.45, 2.75) is 76.7 Å². The van der Waals surface area contributed by atoms with Crippen LogP contribution in [-0.2, 0) is 16.4 Å². The molecule has 2 heterocycles. The summed E-state index contributed by atoms with van der Waals surface area (Å²) in [5, 5.41) is 11.4. The summed E-state index contributed by atoms with van der Waals surface area (Å²) in [6.45, 7) is 7.91. The molecule has 2 aliphatic rings. The number of hydrogen-bond donors (Lipinski definition) is 2. The Morgan fingerprint density at radius 1 is 1.21 bits per heavy atom. The molecule has 1 aromatic heterocycles. The van der Waals surface area contributed by atoms with Crippen LogP contribution in [0.15, 0.2) is 17.1 Å². The van der Waals surface area contributed by atoms with E-state index < -0.39 is 24.4 Å². The SMILES string of the molecule is Cn1cc(B2OC(C)(C)C(C)(C)O2)c(O[C@H]2CC[C@H](NC(=O)O)CC2)cc1=O. The van der Waals surface area contributed by atoms with E-state index in [0.717, 1.165) is 0 Å². The zero-order chi connectivity index (χ0) is 20.7. The van der Waals surface area contributed by atoms with E-state index in [1.54, 1.807) is 13.2 Å². The number of carbonyl (C=O) groups is 1. The molecule has 1 aromatic rings. The molecule has 0 unspecified atom stereocenters. The lowest BCUT2D eigenvalue weighted by Crippen LogP contribution is -2.41. The molecule has 0 bridgehead atoms. The van der Waals surface area contributed by atoms with Gasteiger partial charge in [0.25, 0.3) is 5.56 Å². The summed E-state index contributed by atoms with van der Waals surface area (Å²) in [6, 6.07) is 1.42. The molecule has 0 aromatic carbocycles. The third-order valence-electron chi connectivity index (χ3n) is 6.02. The first kappa shape index (κ1) is 20.7. The first-order chi connectivity index (χ1) is 13.0. The van der Waals surface area contributed by atoms with Crippen LogP contribution < -0.4 is 21.1 Å². The molecule has 154 valence electrons. The molecule has 0 spiro atoms. The highest BCUT2D eigenvalue weighted by molar-refractivity contribution is 6.63. The van der Waals surface area contributed by atoms with Gasteiger partial charge in [-0.2, -0.15) is 0 Å². The van der Waals surface area contributed by atoms with Gasteiger partial charge in [-0.05, 0) is 53.4 Å². The molecule has 1 aliphatic heterocycles. The molecule has 1 aliphatic carbocycles. The molecule has 28 heavy (non-hydrogen) atoms. The molecule has 1 saturated heterocycles. The quantitative estimate of drug-likeness (QED) is 0.756. The standard InChI is InChI=1S/C19H29BN2O6/c1-18(2)19(3,4)28-20(27-18)14-11-22(5)16(23)10-15(14)26-13-8-6-12(7-9-13)21-17(24)25/h10-13,21H,6-9H2,1-5H3,(H,24,25)/t12-,13-. The van der Waals surface area contributed by atoms with Crippen LogP contribution >= 0.6 is 0 Å². The van der Waals surface area contributed by atoms with Crippen molar-refractivity contribution in [2.75, 3.05) is 0 Å². The second-order valence-corrected chi connectivity index (χ2v) is 8.67. The van der Waals surface area contributed by atoms with Gasteiger partial charge < -0.3 is 29.0 Å². The van der Waals surface area contributed by atoms with Crippen LogP contribution in [0.3, 0.4) is 0 Å². The number of nitrogens with one attached hydrogen (secondary N) is 1. The van der Waals surface area contributed by atoms with Crippen LogP contribution in [0.1, 0.15) is 53.4 Å². The Kier molecular flexibility index (Phi) is 5.51. The van der Waals surface area contributed by atoms with E-state index in [0.29, 0.717) is 36.9 Å². The maximum absolute atomic E-state index is 12.2. The highest BCUT2D eigenvalue weighted by atomic mass is 16.7. The Bertz CT molecular complexity index is 782. The number of aromatic nitrogens is 1. The molecule has 0 radical (unpaired) electrons. The summed E-state index contributed by atoms with van der Waals surface area (Å²) >= 11 is 0. The number of aryl methyl sites for hydroxylation is 1. The second kappa shape index (κ2) is 7.44. The van der Waals surface area contributed by atoms with Gasteiger partial charge in [0.05, 0.1) is 17.3 Å². The normalized spacial score (nSPS) is 26.1. The third kappa shape index (κ3) is 4.20. The third-order valence-corrected chi connectivity index (χ3v) is 6.02. The zero-order valence-corrected chi connectivity index (χ0v) is 17.2. The van der Waals surface area contributed by atoms with E-state index in [-0.39, 0.29) is 17.7 Å². The lowest BCUT2D eigenvalue weighted by atomic mass is 9.79. The number of nitrogens with zero attached hydrogens (tertiary/aromatic N) is 1. The molecule has 2 N–H and O–H groups in total. The first-order valence-electron chi connectivity index (χ1n) is 9.71. The molecule has 2 fully saturated rings. The smallest absolute Gasteiger partial charge is 0.491 e. The summed E-state index contributed by atoms with van der Waals surface area (Å²) in [5.74, 6) is 0.469. The number of rotatable bonds is 4. The summed E-state index contributed by atoms with van der Waals surface area (Å²) < 4.78 is 19.9. The van der Waals surface area contributed by atoms with Gasteiger partial charge in [0, 0.05) is 30.8 Å². The summed E-state index contributed by atoms with van der Waals surface area (Å²) in [4.78, 5) is 23.0. The van der Waals surface area contributed by atoms with Gasteiger partial charge in [-0.25, -0.2) is 4.79 Å². The molecule has 1 amide bonds. The van der Waals surface area contributed by atoms with Gasteiger partial charge in [0.1, 0.15) is 5.75 Å². The van der Waals surface area contributed by atoms with Gasteiger partial charge in [0.15, 0.2) is 0 Å². The first-order valence-corrected chi connectivity index (χ1v) is 9.71. The topological polar surface area (TPSA) is 99.0 Å². The number of amides is 1.